The van der Waals surface area contributed by atoms with Crippen molar-refractivity contribution in [2.45, 2.75) is 4.90 Å². The summed E-state index contributed by atoms with van der Waals surface area (Å²) in [6.07, 6.45) is 0. The van der Waals surface area contributed by atoms with Crippen molar-refractivity contribution >= 4 is 39.1 Å². The highest BCUT2D eigenvalue weighted by atomic mass is 35.5. The molecule has 2 amide bonds. The zero-order valence-corrected chi connectivity index (χ0v) is 18.0. The van der Waals surface area contributed by atoms with Crippen LogP contribution >= 0.6 is 11.6 Å². The monoisotopic (exact) mass is 450 g/mol. The van der Waals surface area contributed by atoms with Crippen LogP contribution in [0.2, 0.25) is 5.02 Å². The van der Waals surface area contributed by atoms with Gasteiger partial charge < -0.3 is 15.1 Å². The Bertz CT molecular complexity index is 1020. The molecule has 160 valence electrons. The lowest BCUT2D eigenvalue weighted by Crippen LogP contribution is -2.51. The Morgan fingerprint density at radius 3 is 2.30 bits per heavy atom. The smallest absolute Gasteiger partial charge is 0.251 e. The normalized spacial score (nSPS) is 14.5. The van der Waals surface area contributed by atoms with Crippen LogP contribution in [0.1, 0.15) is 10.4 Å². The van der Waals surface area contributed by atoms with Gasteiger partial charge in [-0.2, -0.15) is 0 Å². The molecule has 1 fully saturated rings. The van der Waals surface area contributed by atoms with Crippen molar-refractivity contribution < 1.29 is 18.0 Å². The summed E-state index contributed by atoms with van der Waals surface area (Å²) in [5, 5.41) is 3.26. The number of nitrogens with one attached hydrogen (secondary N) is 2. The van der Waals surface area contributed by atoms with Gasteiger partial charge in [0, 0.05) is 42.5 Å². The van der Waals surface area contributed by atoms with E-state index in [1.54, 1.807) is 4.90 Å². The van der Waals surface area contributed by atoms with Gasteiger partial charge in [0.15, 0.2) is 0 Å². The van der Waals surface area contributed by atoms with Crippen molar-refractivity contribution in [1.29, 1.82) is 0 Å². The topological polar surface area (TPSA) is 98.8 Å². The third-order valence-corrected chi connectivity index (χ3v) is 6.57. The summed E-state index contributed by atoms with van der Waals surface area (Å²) in [6, 6.07) is 13.1. The van der Waals surface area contributed by atoms with E-state index in [1.165, 1.54) is 31.3 Å². The first-order valence-corrected chi connectivity index (χ1v) is 11.3. The highest BCUT2D eigenvalue weighted by Crippen LogP contribution is 2.20. The van der Waals surface area contributed by atoms with Crippen molar-refractivity contribution in [3.05, 3.63) is 59.1 Å². The summed E-state index contributed by atoms with van der Waals surface area (Å²) in [4.78, 5) is 28.6. The predicted molar refractivity (Wildman–Crippen MR) is 115 cm³/mol. The maximum atomic E-state index is 12.4. The molecule has 0 saturated carbocycles. The number of sulfonamides is 1. The van der Waals surface area contributed by atoms with Gasteiger partial charge >= 0.3 is 0 Å². The molecule has 0 aliphatic carbocycles. The fourth-order valence-electron chi connectivity index (χ4n) is 3.16. The standard InChI is InChI=1S/C20H23ClN4O4S/c1-22-30(28,29)18-7-5-15(6-8-18)20(27)23-14-19(26)25-11-9-24(10-12-25)17-4-2-3-16(21)13-17/h2-8,13,22H,9-12,14H2,1H3,(H,23,27). The SMILES string of the molecule is CNS(=O)(=O)c1ccc(C(=O)NCC(=O)N2CCN(c3cccc(Cl)c3)CC2)cc1. The molecule has 3 rings (SSSR count). The predicted octanol–water partition coefficient (Wildman–Crippen LogP) is 1.33. The first kappa shape index (κ1) is 22.1. The molecule has 0 spiro atoms. The number of nitrogens with zero attached hydrogens (tertiary/aromatic N) is 2. The van der Waals surface area contributed by atoms with Gasteiger partial charge in [0.25, 0.3) is 5.91 Å². The number of amides is 2. The van der Waals surface area contributed by atoms with Crippen LogP contribution in [0.3, 0.4) is 0 Å². The number of carbonyl (C=O) groups is 2. The molecule has 8 nitrogen and oxygen atoms in total. The van der Waals surface area contributed by atoms with E-state index >= 15 is 0 Å². The lowest BCUT2D eigenvalue weighted by Gasteiger charge is -2.36. The van der Waals surface area contributed by atoms with Gasteiger partial charge in [-0.3, -0.25) is 9.59 Å². The molecule has 1 aliphatic rings. The molecule has 1 heterocycles. The molecule has 0 aromatic heterocycles. The average Bonchev–Trinajstić information content (AvgIpc) is 2.77. The molecule has 2 aromatic carbocycles. The van der Waals surface area contributed by atoms with Crippen molar-refractivity contribution in [2.24, 2.45) is 0 Å². The van der Waals surface area contributed by atoms with E-state index in [1.807, 2.05) is 24.3 Å². The Morgan fingerprint density at radius 2 is 1.70 bits per heavy atom. The Hall–Kier alpha value is -2.62. The molecule has 1 aliphatic heterocycles. The van der Waals surface area contributed by atoms with E-state index in [2.05, 4.69) is 14.9 Å². The van der Waals surface area contributed by atoms with Crippen molar-refractivity contribution in [3.63, 3.8) is 0 Å². The molecule has 30 heavy (non-hydrogen) atoms. The zero-order chi connectivity index (χ0) is 21.7. The first-order valence-electron chi connectivity index (χ1n) is 9.40. The Balaban J connectivity index is 1.49. The number of rotatable bonds is 6. The van der Waals surface area contributed by atoms with Crippen LogP contribution in [0.15, 0.2) is 53.4 Å². The number of benzene rings is 2. The zero-order valence-electron chi connectivity index (χ0n) is 16.5. The number of carbonyl (C=O) groups excluding carboxylic acids is 2. The molecule has 1 saturated heterocycles. The summed E-state index contributed by atoms with van der Waals surface area (Å²) < 4.78 is 25.7. The quantitative estimate of drug-likeness (QED) is 0.691. The molecule has 2 N–H and O–H groups in total. The van der Waals surface area contributed by atoms with Crippen LogP contribution in [0.4, 0.5) is 5.69 Å². The largest absolute Gasteiger partial charge is 0.368 e. The summed E-state index contributed by atoms with van der Waals surface area (Å²) in [5.41, 5.74) is 1.30. The van der Waals surface area contributed by atoms with Crippen LogP contribution in [0, 0.1) is 0 Å². The Kier molecular flexibility index (Phi) is 6.96. The van der Waals surface area contributed by atoms with Gasteiger partial charge in [0.05, 0.1) is 11.4 Å². The third-order valence-electron chi connectivity index (χ3n) is 4.90. The van der Waals surface area contributed by atoms with E-state index in [0.717, 1.165) is 5.69 Å². The summed E-state index contributed by atoms with van der Waals surface area (Å²) in [5.74, 6) is -0.599. The third kappa shape index (κ3) is 5.29. The highest BCUT2D eigenvalue weighted by Gasteiger charge is 2.22. The number of halogens is 1. The second-order valence-electron chi connectivity index (χ2n) is 6.76. The fourth-order valence-corrected chi connectivity index (χ4v) is 4.07. The lowest BCUT2D eigenvalue weighted by atomic mass is 10.2. The summed E-state index contributed by atoms with van der Waals surface area (Å²) in [6.45, 7) is 2.35. The van der Waals surface area contributed by atoms with Gasteiger partial charge in [0.2, 0.25) is 15.9 Å². The van der Waals surface area contributed by atoms with E-state index in [-0.39, 0.29) is 22.9 Å². The molecule has 0 bridgehead atoms. The lowest BCUT2D eigenvalue weighted by molar-refractivity contribution is -0.130. The van der Waals surface area contributed by atoms with Crippen LogP contribution in [0.5, 0.6) is 0 Å². The Labute approximate surface area is 180 Å². The number of anilines is 1. The van der Waals surface area contributed by atoms with Crippen LogP contribution in [-0.4, -0.2) is 64.9 Å². The maximum absolute atomic E-state index is 12.4. The van der Waals surface area contributed by atoms with E-state index in [0.29, 0.717) is 31.2 Å². The van der Waals surface area contributed by atoms with Gasteiger partial charge in [0.1, 0.15) is 0 Å². The van der Waals surface area contributed by atoms with Gasteiger partial charge in [-0.15, -0.1) is 0 Å². The number of hydrogen-bond acceptors (Lipinski definition) is 5. The average molecular weight is 451 g/mol. The second-order valence-corrected chi connectivity index (χ2v) is 9.09. The van der Waals surface area contributed by atoms with E-state index < -0.39 is 15.9 Å². The minimum atomic E-state index is -3.56. The molecule has 2 aromatic rings. The highest BCUT2D eigenvalue weighted by molar-refractivity contribution is 7.89. The minimum Gasteiger partial charge on any atom is -0.368 e. The Morgan fingerprint density at radius 1 is 1.03 bits per heavy atom. The second kappa shape index (κ2) is 9.46. The van der Waals surface area contributed by atoms with Crippen LogP contribution in [-0.2, 0) is 14.8 Å². The summed E-state index contributed by atoms with van der Waals surface area (Å²) in [7, 11) is -2.25. The van der Waals surface area contributed by atoms with Gasteiger partial charge in [-0.25, -0.2) is 13.1 Å². The maximum Gasteiger partial charge on any atom is 0.251 e. The van der Waals surface area contributed by atoms with Crippen LogP contribution in [0.25, 0.3) is 0 Å². The van der Waals surface area contributed by atoms with Gasteiger partial charge in [-0.1, -0.05) is 17.7 Å². The molecule has 0 radical (unpaired) electrons. The fraction of sp³-hybridized carbons (Fsp3) is 0.300. The van der Waals surface area contributed by atoms with Crippen LogP contribution < -0.4 is 14.9 Å². The van der Waals surface area contributed by atoms with Crippen molar-refractivity contribution in [2.75, 3.05) is 44.7 Å². The van der Waals surface area contributed by atoms with E-state index in [9.17, 15) is 18.0 Å². The summed E-state index contributed by atoms with van der Waals surface area (Å²) >= 11 is 6.04. The molecular formula is C20H23ClN4O4S. The van der Waals surface area contributed by atoms with E-state index in [4.69, 9.17) is 11.6 Å². The molecule has 0 unspecified atom stereocenters. The number of hydrogen-bond donors (Lipinski definition) is 2. The molecular weight excluding hydrogens is 428 g/mol. The number of piperazine rings is 1. The van der Waals surface area contributed by atoms with Gasteiger partial charge in [-0.05, 0) is 49.5 Å². The van der Waals surface area contributed by atoms with Crippen molar-refractivity contribution in [1.82, 2.24) is 14.9 Å². The first-order chi connectivity index (χ1) is 14.3. The molecule has 10 heteroatoms. The van der Waals surface area contributed by atoms with Crippen molar-refractivity contribution in [3.8, 4) is 0 Å². The minimum absolute atomic E-state index is 0.0650. The molecule has 0 atom stereocenters.